The highest BCUT2D eigenvalue weighted by Gasteiger charge is 2.18. The summed E-state index contributed by atoms with van der Waals surface area (Å²) >= 11 is 1.53. The number of oxazole rings is 1. The first-order chi connectivity index (χ1) is 9.74. The number of aromatic nitrogens is 1. The van der Waals surface area contributed by atoms with Crippen molar-refractivity contribution >= 4 is 17.3 Å². The van der Waals surface area contributed by atoms with E-state index in [0.717, 1.165) is 11.1 Å². The van der Waals surface area contributed by atoms with Crippen LogP contribution >= 0.6 is 11.3 Å². The predicted octanol–water partition coefficient (Wildman–Crippen LogP) is 3.70. The summed E-state index contributed by atoms with van der Waals surface area (Å²) < 4.78 is 5.78. The number of nitrogens with zero attached hydrogens (tertiary/aromatic N) is 1. The minimum absolute atomic E-state index is 0.151. The Balaban J connectivity index is 2.08. The van der Waals surface area contributed by atoms with Crippen molar-refractivity contribution in [2.24, 2.45) is 0 Å². The summed E-state index contributed by atoms with van der Waals surface area (Å²) in [5.41, 5.74) is 2.15. The molecule has 0 saturated heterocycles. The van der Waals surface area contributed by atoms with Crippen LogP contribution in [0.2, 0.25) is 0 Å². The van der Waals surface area contributed by atoms with Crippen LogP contribution in [0.25, 0.3) is 22.8 Å². The summed E-state index contributed by atoms with van der Waals surface area (Å²) in [6, 6.07) is 11.3. The molecule has 20 heavy (non-hydrogen) atoms. The van der Waals surface area contributed by atoms with Gasteiger partial charge in [-0.1, -0.05) is 18.2 Å². The van der Waals surface area contributed by atoms with Gasteiger partial charge in [0.05, 0.1) is 12.1 Å². The zero-order valence-corrected chi connectivity index (χ0v) is 11.3. The van der Waals surface area contributed by atoms with E-state index >= 15 is 0 Å². The monoisotopic (exact) mass is 285 g/mol. The van der Waals surface area contributed by atoms with Gasteiger partial charge in [-0.05, 0) is 23.6 Å². The lowest BCUT2D eigenvalue weighted by Gasteiger charge is -1.94. The van der Waals surface area contributed by atoms with Crippen LogP contribution in [-0.2, 0) is 11.2 Å². The number of carbonyl (C=O) groups is 1. The molecule has 1 N–H and O–H groups in total. The molecule has 3 rings (SSSR count). The van der Waals surface area contributed by atoms with Gasteiger partial charge >= 0.3 is 5.97 Å². The molecular weight excluding hydrogens is 274 g/mol. The van der Waals surface area contributed by atoms with Crippen molar-refractivity contribution in [2.45, 2.75) is 6.42 Å². The van der Waals surface area contributed by atoms with Crippen LogP contribution in [0.5, 0.6) is 0 Å². The van der Waals surface area contributed by atoms with Crippen molar-refractivity contribution in [3.63, 3.8) is 0 Å². The van der Waals surface area contributed by atoms with E-state index in [0.29, 0.717) is 17.3 Å². The summed E-state index contributed by atoms with van der Waals surface area (Å²) in [6.45, 7) is 0. The largest absolute Gasteiger partial charge is 0.481 e. The summed E-state index contributed by atoms with van der Waals surface area (Å²) in [7, 11) is 0. The van der Waals surface area contributed by atoms with E-state index in [1.807, 2.05) is 47.2 Å². The fourth-order valence-electron chi connectivity index (χ4n) is 1.94. The molecule has 100 valence electrons. The second kappa shape index (κ2) is 5.30. The van der Waals surface area contributed by atoms with Gasteiger partial charge in [-0.3, -0.25) is 4.79 Å². The van der Waals surface area contributed by atoms with Gasteiger partial charge in [0.2, 0.25) is 5.89 Å². The maximum Gasteiger partial charge on any atom is 0.309 e. The van der Waals surface area contributed by atoms with Crippen LogP contribution in [0.3, 0.4) is 0 Å². The van der Waals surface area contributed by atoms with Gasteiger partial charge < -0.3 is 9.52 Å². The topological polar surface area (TPSA) is 63.3 Å². The molecule has 0 amide bonds. The maximum absolute atomic E-state index is 11.0. The number of hydrogen-bond donors (Lipinski definition) is 1. The van der Waals surface area contributed by atoms with Crippen molar-refractivity contribution in [3.8, 4) is 22.8 Å². The summed E-state index contributed by atoms with van der Waals surface area (Å²) in [5.74, 6) is 0.0601. The van der Waals surface area contributed by atoms with Crippen LogP contribution in [0.1, 0.15) is 5.69 Å². The number of carboxylic acid groups (broad SMARTS) is 1. The van der Waals surface area contributed by atoms with E-state index in [-0.39, 0.29) is 6.42 Å². The normalized spacial score (nSPS) is 10.6. The zero-order valence-electron chi connectivity index (χ0n) is 10.4. The average Bonchev–Trinajstić information content (AvgIpc) is 3.08. The molecule has 1 aromatic carbocycles. The lowest BCUT2D eigenvalue weighted by atomic mass is 10.2. The predicted molar refractivity (Wildman–Crippen MR) is 76.6 cm³/mol. The molecule has 5 heteroatoms. The lowest BCUT2D eigenvalue weighted by molar-refractivity contribution is -0.136. The van der Waals surface area contributed by atoms with E-state index in [1.54, 1.807) is 0 Å². The number of thiophene rings is 1. The number of benzene rings is 1. The molecule has 0 bridgehead atoms. The van der Waals surface area contributed by atoms with Gasteiger partial charge in [0, 0.05) is 16.5 Å². The quantitative estimate of drug-likeness (QED) is 0.794. The smallest absolute Gasteiger partial charge is 0.309 e. The zero-order chi connectivity index (χ0) is 13.9. The lowest BCUT2D eigenvalue weighted by Crippen LogP contribution is -2.01. The van der Waals surface area contributed by atoms with Gasteiger partial charge in [-0.15, -0.1) is 0 Å². The third-order valence-electron chi connectivity index (χ3n) is 2.82. The molecule has 0 saturated carbocycles. The van der Waals surface area contributed by atoms with Gasteiger partial charge in [0.25, 0.3) is 0 Å². The van der Waals surface area contributed by atoms with Crippen molar-refractivity contribution in [2.75, 3.05) is 0 Å². The molecule has 0 radical (unpaired) electrons. The molecule has 0 fully saturated rings. The Bertz CT molecular complexity index is 717. The van der Waals surface area contributed by atoms with E-state index in [1.165, 1.54) is 11.3 Å². The first-order valence-corrected chi connectivity index (χ1v) is 6.98. The maximum atomic E-state index is 11.0. The van der Waals surface area contributed by atoms with Crippen molar-refractivity contribution < 1.29 is 14.3 Å². The second-order valence-corrected chi connectivity index (χ2v) is 5.02. The van der Waals surface area contributed by atoms with E-state index in [4.69, 9.17) is 9.52 Å². The number of rotatable bonds is 4. The molecule has 0 aliphatic heterocycles. The molecular formula is C15H11NO3S. The standard InChI is InChI=1S/C15H11NO3S/c17-13(18)8-12-14(11-6-7-20-9-11)19-15(16-12)10-4-2-1-3-5-10/h1-7,9H,8H2,(H,17,18). The summed E-state index contributed by atoms with van der Waals surface area (Å²) in [5, 5.41) is 12.8. The molecule has 0 unspecified atom stereocenters. The minimum atomic E-state index is -0.922. The van der Waals surface area contributed by atoms with Crippen LogP contribution < -0.4 is 0 Å². The second-order valence-electron chi connectivity index (χ2n) is 4.24. The van der Waals surface area contributed by atoms with Crippen LogP contribution in [0.15, 0.2) is 51.6 Å². The van der Waals surface area contributed by atoms with Crippen LogP contribution in [-0.4, -0.2) is 16.1 Å². The Labute approximate surface area is 119 Å². The van der Waals surface area contributed by atoms with E-state index in [9.17, 15) is 4.79 Å². The Morgan fingerprint density at radius 3 is 2.65 bits per heavy atom. The molecule has 2 heterocycles. The van der Waals surface area contributed by atoms with E-state index < -0.39 is 5.97 Å². The Morgan fingerprint density at radius 1 is 1.20 bits per heavy atom. The molecule has 0 spiro atoms. The fourth-order valence-corrected chi connectivity index (χ4v) is 2.57. The summed E-state index contributed by atoms with van der Waals surface area (Å²) in [6.07, 6.45) is -0.151. The van der Waals surface area contributed by atoms with Gasteiger partial charge in [0.15, 0.2) is 5.76 Å². The highest BCUT2D eigenvalue weighted by atomic mass is 32.1. The van der Waals surface area contributed by atoms with Crippen molar-refractivity contribution in [1.29, 1.82) is 0 Å². The van der Waals surface area contributed by atoms with Gasteiger partial charge in [-0.25, -0.2) is 4.98 Å². The first-order valence-electron chi connectivity index (χ1n) is 6.03. The number of carboxylic acids is 1. The third-order valence-corrected chi connectivity index (χ3v) is 3.50. The molecule has 3 aromatic rings. The SMILES string of the molecule is O=C(O)Cc1nc(-c2ccccc2)oc1-c1ccsc1. The Kier molecular flexibility index (Phi) is 3.35. The van der Waals surface area contributed by atoms with Gasteiger partial charge in [0.1, 0.15) is 0 Å². The molecule has 4 nitrogen and oxygen atoms in total. The molecule has 0 aliphatic rings. The van der Waals surface area contributed by atoms with Crippen molar-refractivity contribution in [1.82, 2.24) is 4.98 Å². The molecule has 2 aromatic heterocycles. The van der Waals surface area contributed by atoms with Crippen LogP contribution in [0, 0.1) is 0 Å². The van der Waals surface area contributed by atoms with Gasteiger partial charge in [-0.2, -0.15) is 11.3 Å². The fraction of sp³-hybridized carbons (Fsp3) is 0.0667. The molecule has 0 aliphatic carbocycles. The Hall–Kier alpha value is -2.40. The highest BCUT2D eigenvalue weighted by Crippen LogP contribution is 2.31. The van der Waals surface area contributed by atoms with E-state index in [2.05, 4.69) is 4.98 Å². The van der Waals surface area contributed by atoms with Crippen LogP contribution in [0.4, 0.5) is 0 Å². The Morgan fingerprint density at radius 2 is 2.00 bits per heavy atom. The number of hydrogen-bond acceptors (Lipinski definition) is 4. The molecule has 0 atom stereocenters. The highest BCUT2D eigenvalue weighted by molar-refractivity contribution is 7.08. The third kappa shape index (κ3) is 2.48. The van der Waals surface area contributed by atoms with Crippen molar-refractivity contribution in [3.05, 3.63) is 52.9 Å². The number of aliphatic carboxylic acids is 1. The average molecular weight is 285 g/mol. The summed E-state index contributed by atoms with van der Waals surface area (Å²) in [4.78, 5) is 15.3. The minimum Gasteiger partial charge on any atom is -0.481 e. The first kappa shape index (κ1) is 12.6.